The summed E-state index contributed by atoms with van der Waals surface area (Å²) in [4.78, 5) is 5.81. The third-order valence-electron chi connectivity index (χ3n) is 3.87. The van der Waals surface area contributed by atoms with Crippen molar-refractivity contribution in [2.45, 2.75) is 19.5 Å². The third-order valence-corrected chi connectivity index (χ3v) is 4.14. The van der Waals surface area contributed by atoms with Gasteiger partial charge < -0.3 is 10.6 Å². The van der Waals surface area contributed by atoms with Crippen molar-refractivity contribution in [3.8, 4) is 0 Å². The number of piperidine rings is 1. The van der Waals surface area contributed by atoms with Crippen LogP contribution < -0.4 is 10.6 Å². The van der Waals surface area contributed by atoms with E-state index in [1.54, 1.807) is 0 Å². The van der Waals surface area contributed by atoms with E-state index >= 15 is 0 Å². The summed E-state index contributed by atoms with van der Waals surface area (Å²) >= 11 is 5.96. The fourth-order valence-corrected chi connectivity index (χ4v) is 2.75. The number of halogens is 4. The van der Waals surface area contributed by atoms with Crippen molar-refractivity contribution < 1.29 is 13.2 Å². The van der Waals surface area contributed by atoms with E-state index in [1.165, 1.54) is 0 Å². The molecule has 7 heteroatoms. The van der Waals surface area contributed by atoms with E-state index in [4.69, 9.17) is 17.3 Å². The summed E-state index contributed by atoms with van der Waals surface area (Å²) in [5.41, 5.74) is 4.90. The summed E-state index contributed by atoms with van der Waals surface area (Å²) in [5, 5.41) is 0.0325. The van der Waals surface area contributed by atoms with E-state index in [-0.39, 0.29) is 5.02 Å². The molecule has 0 saturated carbocycles. The maximum Gasteiger partial charge on any atom is 0.417 e. The Balaban J connectivity index is 2.21. The topological polar surface area (TPSA) is 42.2 Å². The highest BCUT2D eigenvalue weighted by molar-refractivity contribution is 6.33. The lowest BCUT2D eigenvalue weighted by atomic mass is 9.87. The predicted molar refractivity (Wildman–Crippen MR) is 72.8 cm³/mol. The Kier molecular flexibility index (Phi) is 4.44. The molecule has 0 radical (unpaired) electrons. The van der Waals surface area contributed by atoms with Gasteiger partial charge in [0.05, 0.1) is 10.6 Å². The van der Waals surface area contributed by atoms with Gasteiger partial charge in [-0.2, -0.15) is 13.2 Å². The summed E-state index contributed by atoms with van der Waals surface area (Å²) in [5.74, 6) is 1.22. The minimum atomic E-state index is -4.43. The van der Waals surface area contributed by atoms with E-state index in [0.717, 1.165) is 25.2 Å². The number of aromatic nitrogens is 1. The van der Waals surface area contributed by atoms with Crippen LogP contribution in [0.1, 0.15) is 18.9 Å². The number of anilines is 1. The van der Waals surface area contributed by atoms with Gasteiger partial charge in [0.1, 0.15) is 5.82 Å². The van der Waals surface area contributed by atoms with Crippen LogP contribution in [0.2, 0.25) is 5.02 Å². The molecule has 1 aromatic heterocycles. The van der Waals surface area contributed by atoms with Crippen LogP contribution in [0.4, 0.5) is 19.0 Å². The van der Waals surface area contributed by atoms with Crippen LogP contribution in [-0.2, 0) is 6.18 Å². The molecule has 0 spiro atoms. The number of rotatable bonds is 2. The van der Waals surface area contributed by atoms with Gasteiger partial charge in [0.15, 0.2) is 0 Å². The lowest BCUT2D eigenvalue weighted by molar-refractivity contribution is -0.137. The second kappa shape index (κ2) is 5.77. The molecule has 1 aliphatic rings. The molecule has 3 nitrogen and oxygen atoms in total. The number of hydrogen-bond donors (Lipinski definition) is 1. The van der Waals surface area contributed by atoms with Gasteiger partial charge in [0, 0.05) is 19.3 Å². The van der Waals surface area contributed by atoms with Gasteiger partial charge in [0.25, 0.3) is 0 Å². The van der Waals surface area contributed by atoms with Gasteiger partial charge in [-0.1, -0.05) is 18.5 Å². The maximum atomic E-state index is 12.6. The molecule has 1 fully saturated rings. The smallest absolute Gasteiger partial charge is 0.355 e. The van der Waals surface area contributed by atoms with Crippen LogP contribution in [0.3, 0.4) is 0 Å². The number of nitrogens with zero attached hydrogens (tertiary/aromatic N) is 2. The van der Waals surface area contributed by atoms with Gasteiger partial charge in [-0.15, -0.1) is 0 Å². The van der Waals surface area contributed by atoms with Crippen LogP contribution in [0, 0.1) is 11.8 Å². The first-order chi connectivity index (χ1) is 9.32. The number of nitrogens with two attached hydrogens (primary N) is 1. The van der Waals surface area contributed by atoms with Gasteiger partial charge in [-0.25, -0.2) is 4.98 Å². The molecule has 0 aromatic carbocycles. The second-order valence-electron chi connectivity index (χ2n) is 5.23. The molecule has 2 atom stereocenters. The molecule has 112 valence electrons. The minimum absolute atomic E-state index is 0.0325. The minimum Gasteiger partial charge on any atom is -0.355 e. The third kappa shape index (κ3) is 3.17. The molecule has 1 aromatic rings. The van der Waals surface area contributed by atoms with E-state index in [0.29, 0.717) is 30.7 Å². The first kappa shape index (κ1) is 15.4. The molecule has 0 aliphatic carbocycles. The van der Waals surface area contributed by atoms with E-state index in [9.17, 15) is 13.2 Å². The Morgan fingerprint density at radius 1 is 1.50 bits per heavy atom. The standard InChI is InChI=1S/C13H17ClF3N3/c1-8-2-3-20(7-9(8)5-18)12-11(14)4-10(6-19-12)13(15,16)17/h4,6,8-9H,2-3,5,7,18H2,1H3. The Morgan fingerprint density at radius 2 is 2.20 bits per heavy atom. The summed E-state index contributed by atoms with van der Waals surface area (Å²) in [6.07, 6.45) is -2.66. The van der Waals surface area contributed by atoms with Gasteiger partial charge in [-0.3, -0.25) is 0 Å². The maximum absolute atomic E-state index is 12.6. The molecule has 0 amide bonds. The summed E-state index contributed by atoms with van der Waals surface area (Å²) in [6, 6.07) is 0.930. The Morgan fingerprint density at radius 3 is 2.75 bits per heavy atom. The lowest BCUT2D eigenvalue weighted by Crippen LogP contribution is -2.43. The van der Waals surface area contributed by atoms with Crippen molar-refractivity contribution in [1.82, 2.24) is 4.98 Å². The molecule has 2 rings (SSSR count). The molecule has 2 N–H and O–H groups in total. The fraction of sp³-hybridized carbons (Fsp3) is 0.615. The fourth-order valence-electron chi connectivity index (χ4n) is 2.47. The van der Waals surface area contributed by atoms with E-state index < -0.39 is 11.7 Å². The van der Waals surface area contributed by atoms with E-state index in [1.807, 2.05) is 4.90 Å². The quantitative estimate of drug-likeness (QED) is 0.912. The van der Waals surface area contributed by atoms with Crippen molar-refractivity contribution in [1.29, 1.82) is 0 Å². The zero-order valence-corrected chi connectivity index (χ0v) is 11.9. The molecular weight excluding hydrogens is 291 g/mol. The van der Waals surface area contributed by atoms with Crippen molar-refractivity contribution >= 4 is 17.4 Å². The van der Waals surface area contributed by atoms with Crippen molar-refractivity contribution in [2.24, 2.45) is 17.6 Å². The SMILES string of the molecule is CC1CCN(c2ncc(C(F)(F)F)cc2Cl)CC1CN. The lowest BCUT2D eigenvalue weighted by Gasteiger charge is -2.37. The molecule has 2 heterocycles. The normalized spacial score (nSPS) is 24.0. The van der Waals surface area contributed by atoms with Gasteiger partial charge >= 0.3 is 6.18 Å². The predicted octanol–water partition coefficient (Wildman–Crippen LogP) is 3.17. The van der Waals surface area contributed by atoms with Crippen LogP contribution in [-0.4, -0.2) is 24.6 Å². The molecule has 1 aliphatic heterocycles. The second-order valence-corrected chi connectivity index (χ2v) is 5.64. The average molecular weight is 308 g/mol. The molecule has 1 saturated heterocycles. The van der Waals surface area contributed by atoms with Crippen LogP contribution in [0.25, 0.3) is 0 Å². The highest BCUT2D eigenvalue weighted by Crippen LogP contribution is 2.35. The van der Waals surface area contributed by atoms with Gasteiger partial charge in [-0.05, 0) is 30.9 Å². The van der Waals surface area contributed by atoms with Crippen molar-refractivity contribution in [3.63, 3.8) is 0 Å². The van der Waals surface area contributed by atoms with Crippen LogP contribution >= 0.6 is 11.6 Å². The van der Waals surface area contributed by atoms with Crippen LogP contribution in [0.5, 0.6) is 0 Å². The summed E-state index contributed by atoms with van der Waals surface area (Å²) in [7, 11) is 0. The van der Waals surface area contributed by atoms with Gasteiger partial charge in [0.2, 0.25) is 0 Å². The van der Waals surface area contributed by atoms with E-state index in [2.05, 4.69) is 11.9 Å². The highest BCUT2D eigenvalue weighted by atomic mass is 35.5. The number of pyridine rings is 1. The zero-order chi connectivity index (χ0) is 14.9. The number of alkyl halides is 3. The number of hydrogen-bond acceptors (Lipinski definition) is 3. The molecule has 2 unspecified atom stereocenters. The highest BCUT2D eigenvalue weighted by Gasteiger charge is 2.33. The Bertz CT molecular complexity index is 478. The largest absolute Gasteiger partial charge is 0.417 e. The first-order valence-electron chi connectivity index (χ1n) is 6.50. The monoisotopic (exact) mass is 307 g/mol. The van der Waals surface area contributed by atoms with Crippen molar-refractivity contribution in [2.75, 3.05) is 24.5 Å². The zero-order valence-electron chi connectivity index (χ0n) is 11.1. The average Bonchev–Trinajstić information content (AvgIpc) is 2.38. The molecular formula is C13H17ClF3N3. The van der Waals surface area contributed by atoms with Crippen molar-refractivity contribution in [3.05, 3.63) is 22.8 Å². The molecule has 0 bridgehead atoms. The first-order valence-corrected chi connectivity index (χ1v) is 6.88. The Hall–Kier alpha value is -1.01. The van der Waals surface area contributed by atoms with Crippen LogP contribution in [0.15, 0.2) is 12.3 Å². The summed E-state index contributed by atoms with van der Waals surface area (Å²) in [6.45, 7) is 4.10. The Labute approximate surface area is 120 Å². The molecule has 20 heavy (non-hydrogen) atoms. The summed E-state index contributed by atoms with van der Waals surface area (Å²) < 4.78 is 37.7.